The molecule has 0 fully saturated rings. The molecule has 0 aliphatic carbocycles. The van der Waals surface area contributed by atoms with Crippen LogP contribution >= 0.6 is 34.7 Å². The van der Waals surface area contributed by atoms with E-state index in [0.29, 0.717) is 5.15 Å². The van der Waals surface area contributed by atoms with Crippen LogP contribution in [0.4, 0.5) is 5.13 Å². The van der Waals surface area contributed by atoms with E-state index in [2.05, 4.69) is 16.6 Å². The predicted octanol–water partition coefficient (Wildman–Crippen LogP) is 3.35. The summed E-state index contributed by atoms with van der Waals surface area (Å²) in [4.78, 5) is 4.10. The maximum Gasteiger partial charge on any atom is 0.184 e. The number of aromatic nitrogens is 1. The van der Waals surface area contributed by atoms with E-state index in [1.807, 2.05) is 17.1 Å². The minimum absolute atomic E-state index is 0.580. The Kier molecular flexibility index (Phi) is 5.58. The molecule has 1 aromatic rings. The molecule has 1 N–H and O–H groups in total. The van der Waals surface area contributed by atoms with E-state index in [4.69, 9.17) is 11.6 Å². The number of hydrogen-bond donors (Lipinski definition) is 1. The van der Waals surface area contributed by atoms with Gasteiger partial charge in [-0.15, -0.1) is 11.3 Å². The Morgan fingerprint density at radius 3 is 3.08 bits per heavy atom. The van der Waals surface area contributed by atoms with Gasteiger partial charge < -0.3 is 5.32 Å². The highest BCUT2D eigenvalue weighted by Crippen LogP contribution is 2.18. The smallest absolute Gasteiger partial charge is 0.184 e. The van der Waals surface area contributed by atoms with Crippen molar-refractivity contribution in [1.29, 1.82) is 0 Å². The first kappa shape index (κ1) is 11.1. The van der Waals surface area contributed by atoms with Crippen LogP contribution in [0.15, 0.2) is 5.38 Å². The number of unbranched alkanes of at least 4 members (excludes halogenated alkanes) is 1. The Bertz CT molecular complexity index is 240. The fourth-order valence-electron chi connectivity index (χ4n) is 0.902. The summed E-state index contributed by atoms with van der Waals surface area (Å²) in [5.74, 6) is 1.24. The van der Waals surface area contributed by atoms with Crippen LogP contribution < -0.4 is 5.32 Å². The topological polar surface area (TPSA) is 24.9 Å². The summed E-state index contributed by atoms with van der Waals surface area (Å²) in [6.07, 6.45) is 4.58. The summed E-state index contributed by atoms with van der Waals surface area (Å²) < 4.78 is 0. The maximum absolute atomic E-state index is 5.68. The van der Waals surface area contributed by atoms with Gasteiger partial charge in [0.25, 0.3) is 0 Å². The largest absolute Gasteiger partial charge is 0.361 e. The molecule has 0 aliphatic rings. The van der Waals surface area contributed by atoms with Crippen LogP contribution in [0.2, 0.25) is 5.15 Å². The van der Waals surface area contributed by atoms with Gasteiger partial charge in [-0.2, -0.15) is 11.8 Å². The maximum atomic E-state index is 5.68. The van der Waals surface area contributed by atoms with Crippen molar-refractivity contribution in [3.05, 3.63) is 10.5 Å². The number of nitrogens with one attached hydrogen (secondary N) is 1. The molecule has 0 spiro atoms. The van der Waals surface area contributed by atoms with Crippen LogP contribution in [0.25, 0.3) is 0 Å². The second kappa shape index (κ2) is 6.51. The van der Waals surface area contributed by atoms with Crippen molar-refractivity contribution in [1.82, 2.24) is 4.98 Å². The number of rotatable bonds is 6. The van der Waals surface area contributed by atoms with Gasteiger partial charge in [0.2, 0.25) is 0 Å². The van der Waals surface area contributed by atoms with Gasteiger partial charge >= 0.3 is 0 Å². The molecular formula is C8H13ClN2S2. The molecule has 5 heteroatoms. The quantitative estimate of drug-likeness (QED) is 0.767. The molecule has 1 heterocycles. The highest BCUT2D eigenvalue weighted by molar-refractivity contribution is 7.98. The first-order valence-corrected chi connectivity index (χ1v) is 6.82. The molecule has 0 unspecified atom stereocenters. The summed E-state index contributed by atoms with van der Waals surface area (Å²) in [6.45, 7) is 0.990. The van der Waals surface area contributed by atoms with Gasteiger partial charge in [0.1, 0.15) is 5.15 Å². The summed E-state index contributed by atoms with van der Waals surface area (Å²) in [5.41, 5.74) is 0. The summed E-state index contributed by atoms with van der Waals surface area (Å²) in [5, 5.41) is 6.58. The van der Waals surface area contributed by atoms with Crippen LogP contribution in [-0.4, -0.2) is 23.5 Å². The monoisotopic (exact) mass is 236 g/mol. The van der Waals surface area contributed by atoms with Crippen molar-refractivity contribution in [2.45, 2.75) is 12.8 Å². The minimum atomic E-state index is 0.580. The zero-order chi connectivity index (χ0) is 9.52. The predicted molar refractivity (Wildman–Crippen MR) is 63.2 cm³/mol. The van der Waals surface area contributed by atoms with E-state index in [9.17, 15) is 0 Å². The van der Waals surface area contributed by atoms with Crippen molar-refractivity contribution in [2.24, 2.45) is 0 Å². The van der Waals surface area contributed by atoms with Gasteiger partial charge in [-0.05, 0) is 24.9 Å². The second-order valence-electron chi connectivity index (χ2n) is 2.60. The summed E-state index contributed by atoms with van der Waals surface area (Å²) in [7, 11) is 0. The fourth-order valence-corrected chi connectivity index (χ4v) is 2.26. The van der Waals surface area contributed by atoms with E-state index in [0.717, 1.165) is 11.7 Å². The number of anilines is 1. The van der Waals surface area contributed by atoms with Crippen molar-refractivity contribution < 1.29 is 0 Å². The van der Waals surface area contributed by atoms with E-state index in [1.54, 1.807) is 11.3 Å². The van der Waals surface area contributed by atoms with E-state index in [1.165, 1.54) is 18.6 Å². The Hall–Kier alpha value is 0.0700. The average molecular weight is 237 g/mol. The lowest BCUT2D eigenvalue weighted by Crippen LogP contribution is -2.01. The summed E-state index contributed by atoms with van der Waals surface area (Å²) in [6, 6.07) is 0. The van der Waals surface area contributed by atoms with Crippen LogP contribution in [0, 0.1) is 0 Å². The third-order valence-electron chi connectivity index (χ3n) is 1.53. The number of hydrogen-bond acceptors (Lipinski definition) is 4. The highest BCUT2D eigenvalue weighted by atomic mass is 35.5. The minimum Gasteiger partial charge on any atom is -0.361 e. The molecule has 2 nitrogen and oxygen atoms in total. The molecule has 0 amide bonds. The molecule has 0 aromatic carbocycles. The molecule has 0 bridgehead atoms. The Morgan fingerprint density at radius 1 is 1.62 bits per heavy atom. The van der Waals surface area contributed by atoms with Crippen molar-refractivity contribution in [3.63, 3.8) is 0 Å². The number of nitrogens with zero attached hydrogens (tertiary/aromatic N) is 1. The average Bonchev–Trinajstić information content (AvgIpc) is 2.51. The van der Waals surface area contributed by atoms with Crippen LogP contribution in [0.3, 0.4) is 0 Å². The standard InChI is InChI=1S/C8H13ClN2S2/c1-12-5-3-2-4-10-8-11-7(9)6-13-8/h6H,2-5H2,1H3,(H,10,11). The molecule has 1 aromatic heterocycles. The van der Waals surface area contributed by atoms with Crippen molar-refractivity contribution in [2.75, 3.05) is 23.9 Å². The lowest BCUT2D eigenvalue weighted by Gasteiger charge is -2.00. The third-order valence-corrected chi connectivity index (χ3v) is 3.35. The SMILES string of the molecule is CSCCCCNc1nc(Cl)cs1. The van der Waals surface area contributed by atoms with Crippen molar-refractivity contribution in [3.8, 4) is 0 Å². The van der Waals surface area contributed by atoms with Gasteiger partial charge in [0.05, 0.1) is 0 Å². The second-order valence-corrected chi connectivity index (χ2v) is 4.83. The van der Waals surface area contributed by atoms with E-state index >= 15 is 0 Å². The van der Waals surface area contributed by atoms with Gasteiger partial charge in [-0.1, -0.05) is 11.6 Å². The van der Waals surface area contributed by atoms with Crippen LogP contribution in [0.1, 0.15) is 12.8 Å². The number of thioether (sulfide) groups is 1. The normalized spacial score (nSPS) is 10.3. The lowest BCUT2D eigenvalue weighted by atomic mass is 10.3. The molecule has 0 radical (unpaired) electrons. The highest BCUT2D eigenvalue weighted by Gasteiger charge is 1.97. The molecule has 1 rings (SSSR count). The molecule has 0 aliphatic heterocycles. The van der Waals surface area contributed by atoms with Gasteiger partial charge in [0, 0.05) is 11.9 Å². The summed E-state index contributed by atoms with van der Waals surface area (Å²) >= 11 is 9.12. The Labute approximate surface area is 92.1 Å². The van der Waals surface area contributed by atoms with Gasteiger partial charge in [0.15, 0.2) is 5.13 Å². The van der Waals surface area contributed by atoms with Crippen LogP contribution in [0.5, 0.6) is 0 Å². The lowest BCUT2D eigenvalue weighted by molar-refractivity contribution is 0.842. The molecule has 0 saturated carbocycles. The molecule has 74 valence electrons. The van der Waals surface area contributed by atoms with Gasteiger partial charge in [-0.3, -0.25) is 0 Å². The number of halogens is 1. The molecule has 13 heavy (non-hydrogen) atoms. The third kappa shape index (κ3) is 4.74. The Balaban J connectivity index is 2.06. The molecule has 0 atom stereocenters. The van der Waals surface area contributed by atoms with E-state index in [-0.39, 0.29) is 0 Å². The molecular weight excluding hydrogens is 224 g/mol. The van der Waals surface area contributed by atoms with E-state index < -0.39 is 0 Å². The Morgan fingerprint density at radius 2 is 2.46 bits per heavy atom. The number of thiazole rings is 1. The van der Waals surface area contributed by atoms with Crippen molar-refractivity contribution >= 4 is 39.8 Å². The molecule has 0 saturated heterocycles. The first-order chi connectivity index (χ1) is 6.33. The first-order valence-electron chi connectivity index (χ1n) is 4.17. The fraction of sp³-hybridized carbons (Fsp3) is 0.625. The zero-order valence-electron chi connectivity index (χ0n) is 7.55. The van der Waals surface area contributed by atoms with Gasteiger partial charge in [-0.25, -0.2) is 4.98 Å². The van der Waals surface area contributed by atoms with Crippen LogP contribution in [-0.2, 0) is 0 Å². The zero-order valence-corrected chi connectivity index (χ0v) is 9.94.